The highest BCUT2D eigenvalue weighted by atomic mass is 16.5. The highest BCUT2D eigenvalue weighted by Gasteiger charge is 2.63. The molecule has 0 aromatic heterocycles. The number of β-lactam (4-membered cyclic amide) rings is 1. The fraction of sp³-hybridized carbons (Fsp3) is 0.417. The van der Waals surface area contributed by atoms with E-state index in [9.17, 15) is 14.4 Å². The molecule has 8 heteroatoms. The summed E-state index contributed by atoms with van der Waals surface area (Å²) in [4.78, 5) is 43.1. The predicted octanol–water partition coefficient (Wildman–Crippen LogP) is 7.06. The second-order valence-electron chi connectivity index (χ2n) is 11.7. The minimum absolute atomic E-state index is 0.0739. The number of hydrogen-bond donors (Lipinski definition) is 1. The molecule has 8 nitrogen and oxygen atoms in total. The number of esters is 1. The Morgan fingerprint density at radius 1 is 0.909 bits per heavy atom. The van der Waals surface area contributed by atoms with Gasteiger partial charge in [-0.05, 0) is 75.7 Å². The quantitative estimate of drug-likeness (QED) is 0.167. The average molecular weight is 600 g/mol. The molecule has 3 atom stereocenters. The third-order valence-electron chi connectivity index (χ3n) is 8.71. The molecule has 234 valence electrons. The van der Waals surface area contributed by atoms with Gasteiger partial charge in [0.2, 0.25) is 5.91 Å². The molecule has 3 amide bonds. The van der Waals surface area contributed by atoms with Crippen LogP contribution < -0.4 is 10.1 Å². The van der Waals surface area contributed by atoms with E-state index in [0.29, 0.717) is 24.2 Å². The number of imide groups is 1. The van der Waals surface area contributed by atoms with Crippen molar-refractivity contribution >= 4 is 17.9 Å². The van der Waals surface area contributed by atoms with Gasteiger partial charge < -0.3 is 14.8 Å². The molecule has 3 aromatic rings. The molecule has 0 saturated carbocycles. The summed E-state index contributed by atoms with van der Waals surface area (Å²) in [6.45, 7) is 8.18. The molecule has 3 aromatic carbocycles. The number of ether oxygens (including phenoxy) is 2. The summed E-state index contributed by atoms with van der Waals surface area (Å²) in [5.41, 5.74) is 2.78. The third kappa shape index (κ3) is 6.97. The molecule has 1 fully saturated rings. The van der Waals surface area contributed by atoms with Gasteiger partial charge >= 0.3 is 12.0 Å². The third-order valence-corrected chi connectivity index (χ3v) is 8.71. The number of aryl methyl sites for hydroxylation is 1. The molecule has 1 aliphatic heterocycles. The summed E-state index contributed by atoms with van der Waals surface area (Å²) in [6, 6.07) is 23.9. The number of carbonyl (C=O) groups excluding carboxylic acids is 3. The fourth-order valence-corrected chi connectivity index (χ4v) is 5.78. The maximum atomic E-state index is 13.6. The second kappa shape index (κ2) is 14.5. The van der Waals surface area contributed by atoms with Crippen LogP contribution in [0.2, 0.25) is 0 Å². The maximum Gasteiger partial charge on any atom is 0.338 e. The van der Waals surface area contributed by atoms with Crippen molar-refractivity contribution in [2.75, 3.05) is 20.7 Å². The van der Waals surface area contributed by atoms with Crippen molar-refractivity contribution in [2.45, 2.75) is 71.7 Å². The molecule has 4 rings (SSSR count). The largest absolute Gasteiger partial charge is 0.469 e. The number of nitrogens with one attached hydrogen (secondary N) is 1. The maximum absolute atomic E-state index is 13.6. The van der Waals surface area contributed by atoms with Gasteiger partial charge in [0.25, 0.3) is 0 Å². The van der Waals surface area contributed by atoms with Crippen LogP contribution in [0.1, 0.15) is 85.6 Å². The summed E-state index contributed by atoms with van der Waals surface area (Å²) in [6.07, 6.45) is 1.91. The average Bonchev–Trinajstić information content (AvgIpc) is 3.02. The van der Waals surface area contributed by atoms with Crippen LogP contribution in [0.5, 0.6) is 5.75 Å². The number of carbonyl (C=O) groups is 3. The standard InChI is InChI=1S/C36H45N3O5/c1-7-13-30(26-18-16-25(4)17-19-26)37-35(42)39-33(41)36(8-2,9-3)34(39)44-29-22-20-28(21-23-29)32(40)43-24-31(38(5)6)27-14-11-10-12-15-27/h10-12,14-23,30-31,34H,7-9,13,24H2,1-6H3,(H,37,42). The van der Waals surface area contributed by atoms with Gasteiger partial charge in [0.1, 0.15) is 17.8 Å². The van der Waals surface area contributed by atoms with E-state index < -0.39 is 23.6 Å². The molecular weight excluding hydrogens is 554 g/mol. The van der Waals surface area contributed by atoms with Gasteiger partial charge in [0.15, 0.2) is 6.23 Å². The number of likely N-dealkylation sites (tertiary alicyclic amines) is 1. The highest BCUT2D eigenvalue weighted by Crippen LogP contribution is 2.46. The number of hydrogen-bond acceptors (Lipinski definition) is 6. The van der Waals surface area contributed by atoms with Crippen LogP contribution in [0.25, 0.3) is 0 Å². The van der Waals surface area contributed by atoms with Crippen molar-refractivity contribution in [3.8, 4) is 5.75 Å². The van der Waals surface area contributed by atoms with Crippen molar-refractivity contribution in [3.05, 3.63) is 101 Å². The number of nitrogens with zero attached hydrogens (tertiary/aromatic N) is 2. The van der Waals surface area contributed by atoms with Gasteiger partial charge in [0.05, 0.1) is 17.6 Å². The summed E-state index contributed by atoms with van der Waals surface area (Å²) < 4.78 is 12.0. The van der Waals surface area contributed by atoms with Crippen LogP contribution >= 0.6 is 0 Å². The minimum Gasteiger partial charge on any atom is -0.469 e. The molecule has 0 radical (unpaired) electrons. The molecule has 1 N–H and O–H groups in total. The zero-order valence-corrected chi connectivity index (χ0v) is 26.7. The molecule has 0 aliphatic carbocycles. The Morgan fingerprint density at radius 3 is 2.11 bits per heavy atom. The lowest BCUT2D eigenvalue weighted by molar-refractivity contribution is -0.191. The Balaban J connectivity index is 1.45. The van der Waals surface area contributed by atoms with Gasteiger partial charge in [-0.1, -0.05) is 87.4 Å². The van der Waals surface area contributed by atoms with Crippen molar-refractivity contribution in [1.82, 2.24) is 15.1 Å². The van der Waals surface area contributed by atoms with Gasteiger partial charge in [0, 0.05) is 0 Å². The number of likely N-dealkylation sites (N-methyl/N-ethyl adjacent to an activating group) is 1. The van der Waals surface area contributed by atoms with Crippen molar-refractivity contribution < 1.29 is 23.9 Å². The van der Waals surface area contributed by atoms with E-state index in [1.807, 2.05) is 94.4 Å². The smallest absolute Gasteiger partial charge is 0.338 e. The lowest BCUT2D eigenvalue weighted by Crippen LogP contribution is -2.73. The topological polar surface area (TPSA) is 88.2 Å². The van der Waals surface area contributed by atoms with E-state index >= 15 is 0 Å². The number of rotatable bonds is 13. The molecular formula is C36H45N3O5. The lowest BCUT2D eigenvalue weighted by atomic mass is 9.72. The van der Waals surface area contributed by atoms with Gasteiger partial charge in [-0.2, -0.15) is 0 Å². The molecule has 0 bridgehead atoms. The van der Waals surface area contributed by atoms with Crippen LogP contribution in [-0.2, 0) is 9.53 Å². The Labute approximate surface area is 261 Å². The predicted molar refractivity (Wildman–Crippen MR) is 171 cm³/mol. The normalized spacial score (nSPS) is 17.0. The van der Waals surface area contributed by atoms with E-state index in [0.717, 1.165) is 29.5 Å². The Morgan fingerprint density at radius 2 is 1.55 bits per heavy atom. The van der Waals surface area contributed by atoms with Crippen LogP contribution in [0.3, 0.4) is 0 Å². The zero-order chi connectivity index (χ0) is 31.9. The van der Waals surface area contributed by atoms with E-state index in [-0.39, 0.29) is 24.6 Å². The first-order valence-electron chi connectivity index (χ1n) is 15.5. The molecule has 1 aliphatic rings. The SMILES string of the molecule is CCCC(NC(=O)N1C(=O)C(CC)(CC)C1Oc1ccc(C(=O)OCC(c2ccccc2)N(C)C)cc1)c1ccc(C)cc1. The Kier molecular flexibility index (Phi) is 10.8. The first kappa shape index (κ1) is 32.7. The zero-order valence-electron chi connectivity index (χ0n) is 26.7. The van der Waals surface area contributed by atoms with Crippen LogP contribution in [-0.4, -0.2) is 54.6 Å². The van der Waals surface area contributed by atoms with Crippen molar-refractivity contribution in [1.29, 1.82) is 0 Å². The van der Waals surface area contributed by atoms with Crippen LogP contribution in [0.4, 0.5) is 4.79 Å². The van der Waals surface area contributed by atoms with E-state index in [1.54, 1.807) is 24.3 Å². The van der Waals surface area contributed by atoms with E-state index in [1.165, 1.54) is 4.90 Å². The summed E-state index contributed by atoms with van der Waals surface area (Å²) >= 11 is 0. The summed E-state index contributed by atoms with van der Waals surface area (Å²) in [5.74, 6) is -0.214. The van der Waals surface area contributed by atoms with Gasteiger partial charge in [-0.3, -0.25) is 9.69 Å². The highest BCUT2D eigenvalue weighted by molar-refractivity contribution is 6.03. The minimum atomic E-state index is -0.808. The molecule has 3 unspecified atom stereocenters. The number of benzene rings is 3. The molecule has 1 heterocycles. The van der Waals surface area contributed by atoms with Crippen molar-refractivity contribution in [2.24, 2.45) is 5.41 Å². The van der Waals surface area contributed by atoms with E-state index in [2.05, 4.69) is 12.2 Å². The number of urea groups is 1. The Bertz CT molecular complexity index is 1400. The monoisotopic (exact) mass is 599 g/mol. The summed E-state index contributed by atoms with van der Waals surface area (Å²) in [5, 5.41) is 3.08. The lowest BCUT2D eigenvalue weighted by Gasteiger charge is -2.53. The molecule has 0 spiro atoms. The first-order chi connectivity index (χ1) is 21.1. The summed E-state index contributed by atoms with van der Waals surface area (Å²) in [7, 11) is 3.90. The van der Waals surface area contributed by atoms with Gasteiger partial charge in [-0.15, -0.1) is 0 Å². The first-order valence-corrected chi connectivity index (χ1v) is 15.5. The van der Waals surface area contributed by atoms with E-state index in [4.69, 9.17) is 9.47 Å². The second-order valence-corrected chi connectivity index (χ2v) is 11.7. The Hall–Kier alpha value is -4.17. The molecule has 1 saturated heterocycles. The fourth-order valence-electron chi connectivity index (χ4n) is 5.78. The number of amides is 3. The van der Waals surface area contributed by atoms with Crippen molar-refractivity contribution in [3.63, 3.8) is 0 Å². The van der Waals surface area contributed by atoms with Crippen LogP contribution in [0.15, 0.2) is 78.9 Å². The van der Waals surface area contributed by atoms with Gasteiger partial charge in [-0.25, -0.2) is 14.5 Å². The molecule has 44 heavy (non-hydrogen) atoms. The van der Waals surface area contributed by atoms with Crippen LogP contribution in [0, 0.1) is 12.3 Å².